The van der Waals surface area contributed by atoms with Crippen molar-refractivity contribution in [3.63, 3.8) is 0 Å². The molecule has 0 bridgehead atoms. The van der Waals surface area contributed by atoms with Gasteiger partial charge in [0.1, 0.15) is 18.2 Å². The lowest BCUT2D eigenvalue weighted by Crippen LogP contribution is -2.06. The van der Waals surface area contributed by atoms with Crippen molar-refractivity contribution in [2.24, 2.45) is 0 Å². The van der Waals surface area contributed by atoms with E-state index >= 15 is 0 Å². The van der Waals surface area contributed by atoms with E-state index in [9.17, 15) is 9.18 Å². The highest BCUT2D eigenvalue weighted by atomic mass is 35.5. The SMILES string of the molecule is O=C1c2cc(OCc3ccc4cc(F)c(Cl)cc4n3)ccc2CCc2ncccc21. The van der Waals surface area contributed by atoms with Crippen molar-refractivity contribution in [2.75, 3.05) is 0 Å². The zero-order chi connectivity index (χ0) is 20.7. The quantitative estimate of drug-likeness (QED) is 0.451. The van der Waals surface area contributed by atoms with Crippen LogP contribution in [0.5, 0.6) is 5.75 Å². The van der Waals surface area contributed by atoms with Gasteiger partial charge in [0.2, 0.25) is 0 Å². The van der Waals surface area contributed by atoms with E-state index in [2.05, 4.69) is 9.97 Å². The summed E-state index contributed by atoms with van der Waals surface area (Å²) in [4.78, 5) is 21.9. The van der Waals surface area contributed by atoms with E-state index in [1.165, 1.54) is 12.1 Å². The fourth-order valence-corrected chi connectivity index (χ4v) is 3.87. The first-order valence-electron chi connectivity index (χ1n) is 9.57. The molecule has 0 spiro atoms. The van der Waals surface area contributed by atoms with Gasteiger partial charge in [0.25, 0.3) is 0 Å². The Morgan fingerprint density at radius 1 is 1.03 bits per heavy atom. The molecule has 0 saturated heterocycles. The van der Waals surface area contributed by atoms with Crippen molar-refractivity contribution in [3.05, 3.63) is 99.7 Å². The van der Waals surface area contributed by atoms with Crippen molar-refractivity contribution in [2.45, 2.75) is 19.4 Å². The fourth-order valence-electron chi connectivity index (χ4n) is 3.71. The van der Waals surface area contributed by atoms with Gasteiger partial charge in [-0.05, 0) is 60.9 Å². The first kappa shape index (κ1) is 18.7. The van der Waals surface area contributed by atoms with E-state index in [4.69, 9.17) is 16.3 Å². The maximum atomic E-state index is 13.6. The number of rotatable bonds is 3. The Bertz CT molecular complexity index is 1310. The molecule has 0 aliphatic heterocycles. The molecular weight excluding hydrogens is 403 g/mol. The molecular formula is C24H16ClFN2O2. The summed E-state index contributed by atoms with van der Waals surface area (Å²) in [5.41, 5.74) is 4.40. The second kappa shape index (κ2) is 7.50. The predicted octanol–water partition coefficient (Wildman–Crippen LogP) is 5.33. The molecule has 4 nitrogen and oxygen atoms in total. The topological polar surface area (TPSA) is 52.1 Å². The van der Waals surface area contributed by atoms with Crippen molar-refractivity contribution in [1.82, 2.24) is 9.97 Å². The van der Waals surface area contributed by atoms with E-state index in [-0.39, 0.29) is 17.4 Å². The number of pyridine rings is 2. The average molecular weight is 419 g/mol. The molecule has 148 valence electrons. The number of carbonyl (C=O) groups is 1. The van der Waals surface area contributed by atoms with Crippen molar-refractivity contribution < 1.29 is 13.9 Å². The Balaban J connectivity index is 1.40. The maximum absolute atomic E-state index is 13.6. The van der Waals surface area contributed by atoms with Crippen LogP contribution < -0.4 is 4.74 Å². The summed E-state index contributed by atoms with van der Waals surface area (Å²) in [6, 6.07) is 15.6. The molecule has 0 radical (unpaired) electrons. The average Bonchev–Trinajstić information content (AvgIpc) is 2.90. The molecule has 2 heterocycles. The van der Waals surface area contributed by atoms with Crippen LogP contribution in [0.25, 0.3) is 10.9 Å². The lowest BCUT2D eigenvalue weighted by molar-refractivity contribution is 0.103. The van der Waals surface area contributed by atoms with Crippen LogP contribution >= 0.6 is 11.6 Å². The fraction of sp³-hybridized carbons (Fsp3) is 0.125. The third-order valence-corrected chi connectivity index (χ3v) is 5.56. The number of aromatic nitrogens is 2. The number of carbonyl (C=O) groups excluding carboxylic acids is 1. The summed E-state index contributed by atoms with van der Waals surface area (Å²) in [6.07, 6.45) is 3.21. The number of ether oxygens (including phenoxy) is 1. The third-order valence-electron chi connectivity index (χ3n) is 5.27. The van der Waals surface area contributed by atoms with E-state index in [1.807, 2.05) is 18.2 Å². The smallest absolute Gasteiger partial charge is 0.195 e. The summed E-state index contributed by atoms with van der Waals surface area (Å²) in [7, 11) is 0. The van der Waals surface area contributed by atoms with Gasteiger partial charge in [-0.25, -0.2) is 9.37 Å². The minimum Gasteiger partial charge on any atom is -0.487 e. The minimum atomic E-state index is -0.471. The van der Waals surface area contributed by atoms with Gasteiger partial charge in [-0.15, -0.1) is 0 Å². The molecule has 0 fully saturated rings. The second-order valence-electron chi connectivity index (χ2n) is 7.20. The van der Waals surface area contributed by atoms with Gasteiger partial charge in [0, 0.05) is 22.7 Å². The second-order valence-corrected chi connectivity index (χ2v) is 7.60. The van der Waals surface area contributed by atoms with E-state index in [0.29, 0.717) is 33.5 Å². The Hall–Kier alpha value is -3.31. The lowest BCUT2D eigenvalue weighted by Gasteiger charge is -2.10. The van der Waals surface area contributed by atoms with Gasteiger partial charge in [-0.1, -0.05) is 23.7 Å². The molecule has 0 atom stereocenters. The highest BCUT2D eigenvalue weighted by molar-refractivity contribution is 6.31. The number of aryl methyl sites for hydroxylation is 2. The largest absolute Gasteiger partial charge is 0.487 e. The Morgan fingerprint density at radius 3 is 2.83 bits per heavy atom. The monoisotopic (exact) mass is 418 g/mol. The van der Waals surface area contributed by atoms with Gasteiger partial charge in [-0.2, -0.15) is 0 Å². The molecule has 2 aromatic heterocycles. The Labute approximate surface area is 177 Å². The number of nitrogens with zero attached hydrogens (tertiary/aromatic N) is 2. The Kier molecular flexibility index (Phi) is 4.68. The molecule has 1 aliphatic rings. The normalized spacial score (nSPS) is 12.9. The summed E-state index contributed by atoms with van der Waals surface area (Å²) in [6.45, 7) is 0.218. The number of ketones is 1. The lowest BCUT2D eigenvalue weighted by atomic mass is 10.00. The van der Waals surface area contributed by atoms with Crippen LogP contribution in [0.2, 0.25) is 5.02 Å². The third kappa shape index (κ3) is 3.42. The van der Waals surface area contributed by atoms with Crippen molar-refractivity contribution in [1.29, 1.82) is 0 Å². The zero-order valence-corrected chi connectivity index (χ0v) is 16.6. The minimum absolute atomic E-state index is 0.0310. The summed E-state index contributed by atoms with van der Waals surface area (Å²) < 4.78 is 19.5. The molecule has 0 amide bonds. The molecule has 30 heavy (non-hydrogen) atoms. The van der Waals surface area contributed by atoms with Gasteiger partial charge in [0.05, 0.1) is 21.9 Å². The molecule has 0 N–H and O–H groups in total. The molecule has 6 heteroatoms. The number of benzene rings is 2. The number of hydrogen-bond donors (Lipinski definition) is 0. The predicted molar refractivity (Wildman–Crippen MR) is 113 cm³/mol. The van der Waals surface area contributed by atoms with Crippen LogP contribution in [-0.4, -0.2) is 15.8 Å². The van der Waals surface area contributed by atoms with Crippen molar-refractivity contribution >= 4 is 28.3 Å². The Morgan fingerprint density at radius 2 is 1.93 bits per heavy atom. The van der Waals surface area contributed by atoms with Crippen LogP contribution in [0.1, 0.15) is 32.9 Å². The van der Waals surface area contributed by atoms with Gasteiger partial charge >= 0.3 is 0 Å². The van der Waals surface area contributed by atoms with Crippen LogP contribution in [0, 0.1) is 5.82 Å². The number of hydrogen-bond acceptors (Lipinski definition) is 4. The van der Waals surface area contributed by atoms with Gasteiger partial charge in [-0.3, -0.25) is 9.78 Å². The summed E-state index contributed by atoms with van der Waals surface area (Å²) in [5.74, 6) is 0.0893. The molecule has 4 aromatic rings. The molecule has 0 saturated carbocycles. The zero-order valence-electron chi connectivity index (χ0n) is 15.9. The van der Waals surface area contributed by atoms with E-state index in [1.54, 1.807) is 30.5 Å². The van der Waals surface area contributed by atoms with Crippen LogP contribution in [0.15, 0.2) is 60.8 Å². The first-order chi connectivity index (χ1) is 14.6. The van der Waals surface area contributed by atoms with E-state index < -0.39 is 5.82 Å². The van der Waals surface area contributed by atoms with Crippen molar-refractivity contribution in [3.8, 4) is 5.75 Å². The van der Waals surface area contributed by atoms with Crippen LogP contribution in [0.3, 0.4) is 0 Å². The highest BCUT2D eigenvalue weighted by Gasteiger charge is 2.22. The number of fused-ring (bicyclic) bond motifs is 3. The number of halogens is 2. The van der Waals surface area contributed by atoms with Gasteiger partial charge < -0.3 is 4.74 Å². The van der Waals surface area contributed by atoms with Gasteiger partial charge in [0.15, 0.2) is 5.78 Å². The maximum Gasteiger partial charge on any atom is 0.195 e. The molecule has 2 aromatic carbocycles. The van der Waals surface area contributed by atoms with Crippen LogP contribution in [-0.2, 0) is 19.4 Å². The standard InChI is InChI=1S/C24H16ClFN2O2/c25-20-12-23-15(10-21(20)26)3-6-16(28-23)13-30-17-7-4-14-5-8-22-18(2-1-9-27-22)24(29)19(14)11-17/h1-4,6-7,9-12H,5,8,13H2. The molecule has 5 rings (SSSR count). The first-order valence-corrected chi connectivity index (χ1v) is 9.95. The van der Waals surface area contributed by atoms with Crippen LogP contribution in [0.4, 0.5) is 4.39 Å². The molecule has 1 aliphatic carbocycles. The summed E-state index contributed by atoms with van der Waals surface area (Å²) >= 11 is 5.86. The molecule has 0 unspecified atom stereocenters. The van der Waals surface area contributed by atoms with E-state index in [0.717, 1.165) is 24.1 Å². The summed E-state index contributed by atoms with van der Waals surface area (Å²) in [5, 5.41) is 0.704. The highest BCUT2D eigenvalue weighted by Crippen LogP contribution is 2.27.